The molecule has 0 amide bonds. The first-order chi connectivity index (χ1) is 9.81. The zero-order chi connectivity index (χ0) is 15.6. The molecule has 0 atom stereocenters. The molecule has 0 N–H and O–H groups in total. The number of benzene rings is 2. The van der Waals surface area contributed by atoms with Crippen molar-refractivity contribution in [1.29, 1.82) is 5.26 Å². The second kappa shape index (κ2) is 5.90. The van der Waals surface area contributed by atoms with E-state index < -0.39 is 14.9 Å². The van der Waals surface area contributed by atoms with Gasteiger partial charge in [0.25, 0.3) is 9.05 Å². The van der Waals surface area contributed by atoms with Crippen LogP contribution in [0.5, 0.6) is 11.5 Å². The van der Waals surface area contributed by atoms with E-state index in [2.05, 4.69) is 0 Å². The molecule has 0 radical (unpaired) electrons. The Balaban J connectivity index is 2.35. The van der Waals surface area contributed by atoms with Crippen molar-refractivity contribution in [2.24, 2.45) is 0 Å². The Morgan fingerprint density at radius 1 is 1.14 bits per heavy atom. The molecule has 2 rings (SSSR count). The third-order valence-corrected chi connectivity index (χ3v) is 4.11. The third-order valence-electron chi connectivity index (χ3n) is 2.47. The largest absolute Gasteiger partial charge is 0.453 e. The summed E-state index contributed by atoms with van der Waals surface area (Å²) in [5.74, 6) is -0.819. The first kappa shape index (κ1) is 15.6. The maximum atomic E-state index is 13.7. The highest BCUT2D eigenvalue weighted by atomic mass is 35.7. The predicted octanol–water partition coefficient (Wildman–Crippen LogP) is 4.07. The smallest absolute Gasteiger partial charge is 0.261 e. The summed E-state index contributed by atoms with van der Waals surface area (Å²) in [6.45, 7) is 0. The van der Waals surface area contributed by atoms with Crippen molar-refractivity contribution < 1.29 is 17.5 Å². The van der Waals surface area contributed by atoms with Gasteiger partial charge in [0.2, 0.25) is 0 Å². The minimum absolute atomic E-state index is 0.0412. The van der Waals surface area contributed by atoms with Crippen molar-refractivity contribution in [3.05, 3.63) is 52.8 Å². The highest BCUT2D eigenvalue weighted by Crippen LogP contribution is 2.33. The van der Waals surface area contributed by atoms with Crippen molar-refractivity contribution in [2.75, 3.05) is 0 Å². The quantitative estimate of drug-likeness (QED) is 0.786. The Morgan fingerprint density at radius 3 is 2.33 bits per heavy atom. The van der Waals surface area contributed by atoms with Gasteiger partial charge in [-0.2, -0.15) is 5.26 Å². The normalized spacial score (nSPS) is 11.0. The van der Waals surface area contributed by atoms with E-state index >= 15 is 0 Å². The minimum atomic E-state index is -3.91. The van der Waals surface area contributed by atoms with Crippen molar-refractivity contribution in [3.8, 4) is 17.6 Å². The number of nitriles is 1. The second-order valence-corrected chi connectivity index (χ2v) is 6.86. The van der Waals surface area contributed by atoms with Gasteiger partial charge in [0.1, 0.15) is 5.75 Å². The molecule has 0 fully saturated rings. The Hall–Kier alpha value is -1.81. The molecule has 0 aliphatic heterocycles. The van der Waals surface area contributed by atoms with E-state index in [0.29, 0.717) is 0 Å². The fraction of sp³-hybridized carbons (Fsp3) is 0. The fourth-order valence-corrected chi connectivity index (χ4v) is 2.55. The monoisotopic (exact) mass is 345 g/mol. The molecule has 108 valence electrons. The Morgan fingerprint density at radius 2 is 1.81 bits per heavy atom. The minimum Gasteiger partial charge on any atom is -0.453 e. The Bertz CT molecular complexity index is 847. The number of hydrogen-bond acceptors (Lipinski definition) is 4. The van der Waals surface area contributed by atoms with E-state index in [1.165, 1.54) is 24.3 Å². The molecule has 0 aliphatic carbocycles. The van der Waals surface area contributed by atoms with Gasteiger partial charge in [0, 0.05) is 10.7 Å². The number of nitrogens with zero attached hydrogens (tertiary/aromatic N) is 1. The van der Waals surface area contributed by atoms with Gasteiger partial charge in [0.05, 0.1) is 21.6 Å². The molecular weight excluding hydrogens is 340 g/mol. The molecule has 0 aliphatic rings. The Labute approximate surface area is 129 Å². The zero-order valence-electron chi connectivity index (χ0n) is 10.2. The molecular formula is C13H6Cl2FNO3S. The van der Waals surface area contributed by atoms with Crippen molar-refractivity contribution in [2.45, 2.75) is 4.90 Å². The summed E-state index contributed by atoms with van der Waals surface area (Å²) in [4.78, 5) is -0.193. The molecule has 0 heterocycles. The van der Waals surface area contributed by atoms with Crippen LogP contribution in [0.3, 0.4) is 0 Å². The van der Waals surface area contributed by atoms with Crippen molar-refractivity contribution >= 4 is 31.3 Å². The van der Waals surface area contributed by atoms with Gasteiger partial charge in [-0.3, -0.25) is 0 Å². The first-order valence-corrected chi connectivity index (χ1v) is 8.11. The summed E-state index contributed by atoms with van der Waals surface area (Å²) < 4.78 is 41.2. The van der Waals surface area contributed by atoms with Gasteiger partial charge in [-0.25, -0.2) is 12.8 Å². The molecule has 21 heavy (non-hydrogen) atoms. The second-order valence-electron chi connectivity index (χ2n) is 3.89. The zero-order valence-corrected chi connectivity index (χ0v) is 12.5. The lowest BCUT2D eigenvalue weighted by Crippen LogP contribution is -1.93. The van der Waals surface area contributed by atoms with Crippen molar-refractivity contribution in [3.63, 3.8) is 0 Å². The van der Waals surface area contributed by atoms with Crippen LogP contribution in [-0.4, -0.2) is 8.42 Å². The van der Waals surface area contributed by atoms with Gasteiger partial charge in [-0.1, -0.05) is 11.6 Å². The van der Waals surface area contributed by atoms with E-state index in [1.807, 2.05) is 0 Å². The maximum Gasteiger partial charge on any atom is 0.261 e. The topological polar surface area (TPSA) is 67.2 Å². The van der Waals surface area contributed by atoms with Crippen LogP contribution in [0.1, 0.15) is 5.56 Å². The summed E-state index contributed by atoms with van der Waals surface area (Å²) in [5.41, 5.74) is 0.148. The van der Waals surface area contributed by atoms with E-state index in [9.17, 15) is 12.8 Å². The fourth-order valence-electron chi connectivity index (χ4n) is 1.49. The van der Waals surface area contributed by atoms with Crippen molar-refractivity contribution in [1.82, 2.24) is 0 Å². The number of rotatable bonds is 3. The summed E-state index contributed by atoms with van der Waals surface area (Å²) in [5, 5.41) is 8.60. The average molecular weight is 346 g/mol. The van der Waals surface area contributed by atoms with Gasteiger partial charge < -0.3 is 4.74 Å². The summed E-state index contributed by atoms with van der Waals surface area (Å²) in [6, 6.07) is 9.00. The van der Waals surface area contributed by atoms with Crippen LogP contribution in [0.4, 0.5) is 4.39 Å². The molecule has 0 bridgehead atoms. The average Bonchev–Trinajstić information content (AvgIpc) is 2.41. The molecule has 0 spiro atoms. The molecule has 4 nitrogen and oxygen atoms in total. The molecule has 2 aromatic rings. The van der Waals surface area contributed by atoms with Crippen LogP contribution in [0.15, 0.2) is 41.3 Å². The van der Waals surface area contributed by atoms with Crippen LogP contribution < -0.4 is 4.74 Å². The lowest BCUT2D eigenvalue weighted by molar-refractivity contribution is 0.442. The van der Waals surface area contributed by atoms with Crippen LogP contribution in [-0.2, 0) is 9.05 Å². The number of ether oxygens (including phenoxy) is 1. The van der Waals surface area contributed by atoms with E-state index in [0.717, 1.165) is 12.1 Å². The maximum absolute atomic E-state index is 13.7. The van der Waals surface area contributed by atoms with Crippen LogP contribution in [0, 0.1) is 17.1 Å². The SMILES string of the molecule is N#Cc1ccc(Oc2ccc(S(=O)(=O)Cl)cc2Cl)c(F)c1. The van der Waals surface area contributed by atoms with E-state index in [4.69, 9.17) is 32.3 Å². The first-order valence-electron chi connectivity index (χ1n) is 5.43. The Kier molecular flexibility index (Phi) is 4.37. The van der Waals surface area contributed by atoms with E-state index in [-0.39, 0.29) is 27.0 Å². The van der Waals surface area contributed by atoms with Gasteiger partial charge in [-0.15, -0.1) is 0 Å². The summed E-state index contributed by atoms with van der Waals surface area (Å²) >= 11 is 5.87. The van der Waals surface area contributed by atoms with Crippen LogP contribution in [0.25, 0.3) is 0 Å². The van der Waals surface area contributed by atoms with Crippen LogP contribution >= 0.6 is 22.3 Å². The number of halogens is 3. The molecule has 0 saturated heterocycles. The van der Waals surface area contributed by atoms with Gasteiger partial charge in [0.15, 0.2) is 11.6 Å². The van der Waals surface area contributed by atoms with Gasteiger partial charge in [-0.05, 0) is 36.4 Å². The predicted molar refractivity (Wildman–Crippen MR) is 75.7 cm³/mol. The summed E-state index contributed by atoms with van der Waals surface area (Å²) in [7, 11) is 1.27. The highest BCUT2D eigenvalue weighted by Gasteiger charge is 2.14. The lowest BCUT2D eigenvalue weighted by Gasteiger charge is -2.09. The number of hydrogen-bond donors (Lipinski definition) is 0. The molecule has 0 unspecified atom stereocenters. The molecule has 0 aromatic heterocycles. The van der Waals surface area contributed by atoms with Gasteiger partial charge >= 0.3 is 0 Å². The standard InChI is InChI=1S/C13H6Cl2FNO3S/c14-10-6-9(21(15,18)19)2-4-12(10)20-13-3-1-8(7-17)5-11(13)16/h1-6H. The lowest BCUT2D eigenvalue weighted by atomic mass is 10.2. The summed E-state index contributed by atoms with van der Waals surface area (Å²) in [6.07, 6.45) is 0. The van der Waals surface area contributed by atoms with E-state index in [1.54, 1.807) is 6.07 Å². The third kappa shape index (κ3) is 3.64. The molecule has 2 aromatic carbocycles. The molecule has 8 heteroatoms. The van der Waals surface area contributed by atoms with Crippen LogP contribution in [0.2, 0.25) is 5.02 Å². The highest BCUT2D eigenvalue weighted by molar-refractivity contribution is 8.13. The molecule has 0 saturated carbocycles.